The molecule has 2 aromatic carbocycles. The largest absolute Gasteiger partial charge is 0.507 e. The number of fused-ring (bicyclic) bond motifs is 2. The fraction of sp³-hybridized carbons (Fsp3) is 0.182. The van der Waals surface area contributed by atoms with Gasteiger partial charge in [0, 0.05) is 11.5 Å². The lowest BCUT2D eigenvalue weighted by Crippen LogP contribution is -2.22. The molecule has 0 unspecified atom stereocenters. The third-order valence-corrected chi connectivity index (χ3v) is 4.87. The van der Waals surface area contributed by atoms with Crippen molar-refractivity contribution >= 4 is 23.0 Å². The molecule has 0 saturated carbocycles. The Morgan fingerprint density at radius 1 is 1.18 bits per heavy atom. The quantitative estimate of drug-likeness (QED) is 0.551. The van der Waals surface area contributed by atoms with Crippen LogP contribution < -0.4 is 10.4 Å². The van der Waals surface area contributed by atoms with E-state index in [0.717, 1.165) is 11.3 Å². The summed E-state index contributed by atoms with van der Waals surface area (Å²) < 4.78 is 16.0. The summed E-state index contributed by atoms with van der Waals surface area (Å²) in [6.45, 7) is 0.185. The van der Waals surface area contributed by atoms with Crippen LogP contribution in [0, 0.1) is 0 Å². The highest BCUT2D eigenvalue weighted by atomic mass is 16.5. The van der Waals surface area contributed by atoms with Crippen molar-refractivity contribution in [3.8, 4) is 11.5 Å². The van der Waals surface area contributed by atoms with Crippen LogP contribution in [0.4, 0.5) is 0 Å². The van der Waals surface area contributed by atoms with Gasteiger partial charge in [-0.05, 0) is 29.8 Å². The molecule has 0 amide bonds. The average molecular weight is 378 g/mol. The van der Waals surface area contributed by atoms with Crippen LogP contribution in [0.15, 0.2) is 63.3 Å². The lowest BCUT2D eigenvalue weighted by molar-refractivity contribution is -0.140. The first-order valence-corrected chi connectivity index (χ1v) is 8.82. The van der Waals surface area contributed by atoms with Gasteiger partial charge in [-0.25, -0.2) is 4.79 Å². The summed E-state index contributed by atoms with van der Waals surface area (Å²) in [5, 5.41) is 11.2. The van der Waals surface area contributed by atoms with Gasteiger partial charge < -0.3 is 19.0 Å². The highest BCUT2D eigenvalue weighted by Gasteiger charge is 2.30. The van der Waals surface area contributed by atoms with Gasteiger partial charge >= 0.3 is 11.6 Å². The van der Waals surface area contributed by atoms with Crippen LogP contribution in [0.1, 0.15) is 23.5 Å². The van der Waals surface area contributed by atoms with E-state index in [2.05, 4.69) is 0 Å². The van der Waals surface area contributed by atoms with Gasteiger partial charge in [0.1, 0.15) is 23.7 Å². The van der Waals surface area contributed by atoms with Gasteiger partial charge in [0.25, 0.3) is 0 Å². The Labute approximate surface area is 160 Å². The predicted octanol–water partition coefficient (Wildman–Crippen LogP) is 3.62. The first kappa shape index (κ1) is 17.9. The van der Waals surface area contributed by atoms with Crippen molar-refractivity contribution in [2.75, 3.05) is 13.7 Å². The van der Waals surface area contributed by atoms with E-state index >= 15 is 0 Å². The second-order valence-electron chi connectivity index (χ2n) is 6.53. The summed E-state index contributed by atoms with van der Waals surface area (Å²) in [5.74, 6) is -0.711. The maximum atomic E-state index is 12.7. The van der Waals surface area contributed by atoms with Gasteiger partial charge in [-0.2, -0.15) is 0 Å². The SMILES string of the molecule is COC(=O)C[C@H](C1=Cc2ccccc2OC1)c1c(O)c2ccccc2oc1=O. The van der Waals surface area contributed by atoms with Gasteiger partial charge in [-0.3, -0.25) is 4.79 Å². The molecule has 0 aliphatic carbocycles. The number of esters is 1. The van der Waals surface area contributed by atoms with E-state index in [1.54, 1.807) is 24.3 Å². The van der Waals surface area contributed by atoms with E-state index < -0.39 is 17.5 Å². The fourth-order valence-electron chi connectivity index (χ4n) is 3.46. The molecule has 142 valence electrons. The summed E-state index contributed by atoms with van der Waals surface area (Å²) in [6, 6.07) is 14.2. The number of benzene rings is 2. The number of aromatic hydroxyl groups is 1. The molecule has 4 rings (SSSR count). The number of rotatable bonds is 4. The van der Waals surface area contributed by atoms with Gasteiger partial charge in [0.2, 0.25) is 0 Å². The van der Waals surface area contributed by atoms with E-state index in [1.165, 1.54) is 7.11 Å². The van der Waals surface area contributed by atoms with Crippen molar-refractivity contribution in [1.29, 1.82) is 0 Å². The summed E-state index contributed by atoms with van der Waals surface area (Å²) in [4.78, 5) is 24.8. The molecule has 6 nitrogen and oxygen atoms in total. The molecule has 0 radical (unpaired) electrons. The standard InChI is InChI=1S/C22H18O6/c1-26-19(23)11-16(14-10-13-6-2-4-8-17(13)27-12-14)20-21(24)15-7-3-5-9-18(15)28-22(20)25/h2-10,16,24H,11-12H2,1H3/t16-/m1/s1. The molecule has 28 heavy (non-hydrogen) atoms. The van der Waals surface area contributed by atoms with E-state index in [1.807, 2.05) is 30.3 Å². The van der Waals surface area contributed by atoms with Gasteiger partial charge in [-0.1, -0.05) is 30.3 Å². The zero-order valence-corrected chi connectivity index (χ0v) is 15.2. The van der Waals surface area contributed by atoms with Crippen LogP contribution in [0.5, 0.6) is 11.5 Å². The lowest BCUT2D eigenvalue weighted by Gasteiger charge is -2.24. The molecule has 0 fully saturated rings. The molecule has 0 bridgehead atoms. The molecule has 0 saturated heterocycles. The van der Waals surface area contributed by atoms with Crippen molar-refractivity contribution in [3.63, 3.8) is 0 Å². The number of methoxy groups -OCH3 is 1. The summed E-state index contributed by atoms with van der Waals surface area (Å²) in [5.41, 5.74) is 1.14. The average Bonchev–Trinajstić information content (AvgIpc) is 2.72. The van der Waals surface area contributed by atoms with E-state index in [-0.39, 0.29) is 29.9 Å². The number of carbonyl (C=O) groups excluding carboxylic acids is 1. The minimum absolute atomic E-state index is 0.0262. The number of ether oxygens (including phenoxy) is 2. The normalized spacial score (nSPS) is 14.0. The van der Waals surface area contributed by atoms with Crippen LogP contribution in [0.3, 0.4) is 0 Å². The van der Waals surface area contributed by atoms with Crippen molar-refractivity contribution in [1.82, 2.24) is 0 Å². The Kier molecular flexibility index (Phi) is 4.61. The monoisotopic (exact) mass is 378 g/mol. The zero-order chi connectivity index (χ0) is 19.7. The fourth-order valence-corrected chi connectivity index (χ4v) is 3.46. The molecular weight excluding hydrogens is 360 g/mol. The maximum absolute atomic E-state index is 12.7. The maximum Gasteiger partial charge on any atom is 0.343 e. The highest BCUT2D eigenvalue weighted by molar-refractivity contribution is 5.85. The minimum Gasteiger partial charge on any atom is -0.507 e. The molecule has 1 atom stereocenters. The van der Waals surface area contributed by atoms with E-state index in [9.17, 15) is 14.7 Å². The van der Waals surface area contributed by atoms with Crippen LogP contribution >= 0.6 is 0 Å². The second kappa shape index (κ2) is 7.23. The van der Waals surface area contributed by atoms with Crippen molar-refractivity contribution in [3.05, 3.63) is 75.7 Å². The Balaban J connectivity index is 1.89. The number of hydrogen-bond donors (Lipinski definition) is 1. The first-order chi connectivity index (χ1) is 13.6. The van der Waals surface area contributed by atoms with Crippen molar-refractivity contribution in [2.24, 2.45) is 0 Å². The van der Waals surface area contributed by atoms with Gasteiger partial charge in [0.05, 0.1) is 24.5 Å². The van der Waals surface area contributed by atoms with Crippen LogP contribution in [-0.2, 0) is 9.53 Å². The molecule has 1 aliphatic heterocycles. The highest BCUT2D eigenvalue weighted by Crippen LogP contribution is 2.39. The lowest BCUT2D eigenvalue weighted by atomic mass is 9.86. The van der Waals surface area contributed by atoms with Crippen LogP contribution in [0.25, 0.3) is 17.0 Å². The molecule has 1 N–H and O–H groups in total. The number of para-hydroxylation sites is 2. The Morgan fingerprint density at radius 2 is 1.93 bits per heavy atom. The third-order valence-electron chi connectivity index (χ3n) is 4.87. The summed E-state index contributed by atoms with van der Waals surface area (Å²) in [7, 11) is 1.28. The Hall–Kier alpha value is -3.54. The number of hydrogen-bond acceptors (Lipinski definition) is 6. The van der Waals surface area contributed by atoms with Gasteiger partial charge in [-0.15, -0.1) is 0 Å². The summed E-state index contributed by atoms with van der Waals surface area (Å²) >= 11 is 0. The topological polar surface area (TPSA) is 86.0 Å². The Morgan fingerprint density at radius 3 is 2.75 bits per heavy atom. The minimum atomic E-state index is -0.735. The van der Waals surface area contributed by atoms with Crippen molar-refractivity contribution in [2.45, 2.75) is 12.3 Å². The Bertz CT molecular complexity index is 1140. The van der Waals surface area contributed by atoms with Crippen molar-refractivity contribution < 1.29 is 23.8 Å². The third kappa shape index (κ3) is 3.13. The van der Waals surface area contributed by atoms with E-state index in [4.69, 9.17) is 13.9 Å². The predicted molar refractivity (Wildman–Crippen MR) is 103 cm³/mol. The molecule has 0 spiro atoms. The van der Waals surface area contributed by atoms with Crippen LogP contribution in [-0.4, -0.2) is 24.8 Å². The number of carbonyl (C=O) groups is 1. The molecule has 1 aliphatic rings. The first-order valence-electron chi connectivity index (χ1n) is 8.82. The molecule has 3 aromatic rings. The molecule has 1 aromatic heterocycles. The smallest absolute Gasteiger partial charge is 0.343 e. The van der Waals surface area contributed by atoms with Gasteiger partial charge in [0.15, 0.2) is 0 Å². The molecule has 2 heterocycles. The molecule has 6 heteroatoms. The summed E-state index contributed by atoms with van der Waals surface area (Å²) in [6.07, 6.45) is 1.75. The van der Waals surface area contributed by atoms with E-state index in [0.29, 0.717) is 11.0 Å². The van der Waals surface area contributed by atoms with Crippen LogP contribution in [0.2, 0.25) is 0 Å². The second-order valence-corrected chi connectivity index (χ2v) is 6.53. The zero-order valence-electron chi connectivity index (χ0n) is 15.2. The molecular formula is C22H18O6.